The quantitative estimate of drug-likeness (QED) is 0.123. The van der Waals surface area contributed by atoms with Crippen molar-refractivity contribution in [2.75, 3.05) is 32.8 Å². The third kappa shape index (κ3) is 8.44. The van der Waals surface area contributed by atoms with Crippen LogP contribution in [-0.4, -0.2) is 65.0 Å². The number of ether oxygens (including phenoxy) is 3. The Bertz CT molecular complexity index is 1860. The van der Waals surface area contributed by atoms with Crippen LogP contribution in [0.4, 0.5) is 0 Å². The predicted molar refractivity (Wildman–Crippen MR) is 185 cm³/mol. The maximum Gasteiger partial charge on any atom is 0.317 e. The molecule has 1 fully saturated rings. The number of carboxylic acid groups (broad SMARTS) is 1. The number of nitrogens with one attached hydrogen (secondary N) is 1. The molecule has 12 heteroatoms. The molecule has 1 aliphatic carbocycles. The van der Waals surface area contributed by atoms with E-state index in [2.05, 4.69) is 33.4 Å². The second-order valence-electron chi connectivity index (χ2n) is 12.1. The fourth-order valence-electron chi connectivity index (χ4n) is 6.20. The van der Waals surface area contributed by atoms with Gasteiger partial charge in [-0.1, -0.05) is 53.5 Å². The van der Waals surface area contributed by atoms with Crippen molar-refractivity contribution < 1.29 is 29.2 Å². The molecule has 1 aliphatic heterocycles. The number of carboxylic acids is 1. The molecule has 0 saturated carbocycles. The monoisotopic (exact) mass is 702 g/mol. The summed E-state index contributed by atoms with van der Waals surface area (Å²) in [5.74, 6) is 0.566. The highest BCUT2D eigenvalue weighted by molar-refractivity contribution is 6.35. The van der Waals surface area contributed by atoms with Crippen molar-refractivity contribution in [3.05, 3.63) is 105 Å². The molecule has 1 saturated heterocycles. The summed E-state index contributed by atoms with van der Waals surface area (Å²) >= 11 is 13.7. The highest BCUT2D eigenvalue weighted by atomic mass is 35.5. The maximum absolute atomic E-state index is 11.1. The Balaban J connectivity index is 1.19. The molecule has 1 atom stereocenters. The smallest absolute Gasteiger partial charge is 0.317 e. The van der Waals surface area contributed by atoms with Gasteiger partial charge in [-0.15, -0.1) is 0 Å². The SMILES string of the molecule is N#Cc1cncc(COc2cc(O[C@H]3CCc4c(-c5cccc(OCCCN6CC(O)C6)c5Cl)cccc43)c(Cl)cc2CNCC(=O)O)c1. The van der Waals surface area contributed by atoms with Gasteiger partial charge in [-0.3, -0.25) is 14.7 Å². The van der Waals surface area contributed by atoms with E-state index in [0.29, 0.717) is 50.6 Å². The molecule has 254 valence electrons. The standard InChI is InChI=1S/C37H36Cl2N4O6/c38-31-13-25(18-42-19-36(45)46)34(48-22-24-12-23(15-40)16-41-17-24)14-35(31)49-32-9-8-28-27(4-1-5-29(28)32)30-6-2-7-33(37(30)39)47-11-3-10-43-20-26(44)21-43/h1-2,4-7,12-14,16-17,26,32,42,44H,3,8-11,18-22H2,(H,45,46)/t32-/m0/s1. The van der Waals surface area contributed by atoms with Crippen molar-refractivity contribution in [2.24, 2.45) is 0 Å². The second-order valence-corrected chi connectivity index (χ2v) is 12.9. The molecule has 0 spiro atoms. The number of pyridine rings is 1. The minimum atomic E-state index is -0.979. The molecule has 2 heterocycles. The first kappa shape index (κ1) is 34.5. The largest absolute Gasteiger partial charge is 0.492 e. The van der Waals surface area contributed by atoms with Crippen LogP contribution < -0.4 is 19.5 Å². The van der Waals surface area contributed by atoms with Crippen LogP contribution in [0.5, 0.6) is 17.2 Å². The van der Waals surface area contributed by atoms with E-state index in [9.17, 15) is 15.2 Å². The summed E-state index contributed by atoms with van der Waals surface area (Å²) in [5.41, 5.74) is 5.90. The Morgan fingerprint density at radius 2 is 1.86 bits per heavy atom. The van der Waals surface area contributed by atoms with E-state index in [1.165, 1.54) is 6.20 Å². The molecule has 2 aliphatic rings. The molecule has 49 heavy (non-hydrogen) atoms. The van der Waals surface area contributed by atoms with E-state index < -0.39 is 5.97 Å². The topological polar surface area (TPSA) is 137 Å². The lowest BCUT2D eigenvalue weighted by Crippen LogP contribution is -2.50. The van der Waals surface area contributed by atoms with Crippen molar-refractivity contribution in [1.82, 2.24) is 15.2 Å². The molecular weight excluding hydrogens is 667 g/mol. The minimum absolute atomic E-state index is 0.136. The summed E-state index contributed by atoms with van der Waals surface area (Å²) in [6.45, 7) is 2.96. The number of aliphatic carboxylic acids is 1. The number of fused-ring (bicyclic) bond motifs is 1. The van der Waals surface area contributed by atoms with Crippen LogP contribution in [0.3, 0.4) is 0 Å². The van der Waals surface area contributed by atoms with E-state index >= 15 is 0 Å². The molecule has 0 unspecified atom stereocenters. The average molecular weight is 704 g/mol. The lowest BCUT2D eigenvalue weighted by molar-refractivity contribution is -0.136. The van der Waals surface area contributed by atoms with Gasteiger partial charge >= 0.3 is 5.97 Å². The molecular formula is C37H36Cl2N4O6. The summed E-state index contributed by atoms with van der Waals surface area (Å²) in [4.78, 5) is 17.4. The van der Waals surface area contributed by atoms with Crippen LogP contribution >= 0.6 is 23.2 Å². The van der Waals surface area contributed by atoms with Crippen LogP contribution in [-0.2, 0) is 24.4 Å². The third-order valence-corrected chi connectivity index (χ3v) is 9.26. The second kappa shape index (κ2) is 15.9. The molecule has 1 aromatic heterocycles. The fourth-order valence-corrected chi connectivity index (χ4v) is 6.71. The highest BCUT2D eigenvalue weighted by Gasteiger charge is 2.29. The fraction of sp³-hybridized carbons (Fsp3) is 0.324. The zero-order valence-electron chi connectivity index (χ0n) is 26.7. The van der Waals surface area contributed by atoms with E-state index in [1.807, 2.05) is 24.3 Å². The van der Waals surface area contributed by atoms with Crippen molar-refractivity contribution in [1.29, 1.82) is 5.26 Å². The van der Waals surface area contributed by atoms with Gasteiger partial charge in [0.2, 0.25) is 0 Å². The molecule has 3 aromatic carbocycles. The molecule has 4 aromatic rings. The van der Waals surface area contributed by atoms with Crippen LogP contribution in [0.2, 0.25) is 10.0 Å². The summed E-state index contributed by atoms with van der Waals surface area (Å²) in [6, 6.07) is 19.2. The van der Waals surface area contributed by atoms with Gasteiger partial charge in [0.05, 0.1) is 34.9 Å². The number of benzene rings is 3. The van der Waals surface area contributed by atoms with Gasteiger partial charge in [-0.05, 0) is 54.2 Å². The van der Waals surface area contributed by atoms with Crippen LogP contribution in [0.25, 0.3) is 11.1 Å². The first-order valence-corrected chi connectivity index (χ1v) is 16.9. The van der Waals surface area contributed by atoms with Gasteiger partial charge in [0.25, 0.3) is 0 Å². The Hall–Kier alpha value is -4.37. The zero-order chi connectivity index (χ0) is 34.3. The van der Waals surface area contributed by atoms with E-state index in [4.69, 9.17) is 42.5 Å². The number of aromatic nitrogens is 1. The summed E-state index contributed by atoms with van der Waals surface area (Å²) in [7, 11) is 0. The number of halogens is 2. The number of nitrogens with zero attached hydrogens (tertiary/aromatic N) is 3. The molecule has 0 amide bonds. The summed E-state index contributed by atoms with van der Waals surface area (Å²) in [6.07, 6.45) is 4.97. The molecule has 0 bridgehead atoms. The predicted octanol–water partition coefficient (Wildman–Crippen LogP) is 6.19. The lowest BCUT2D eigenvalue weighted by Gasteiger charge is -2.35. The number of rotatable bonds is 15. The molecule has 10 nitrogen and oxygen atoms in total. The van der Waals surface area contributed by atoms with Crippen molar-refractivity contribution >= 4 is 29.2 Å². The number of carbonyl (C=O) groups is 1. The first-order valence-electron chi connectivity index (χ1n) is 16.1. The summed E-state index contributed by atoms with van der Waals surface area (Å²) in [5, 5.41) is 31.7. The van der Waals surface area contributed by atoms with Crippen molar-refractivity contribution in [2.45, 2.75) is 44.6 Å². The van der Waals surface area contributed by atoms with E-state index in [1.54, 1.807) is 24.4 Å². The maximum atomic E-state index is 11.1. The van der Waals surface area contributed by atoms with Crippen LogP contribution in [0.15, 0.2) is 67.0 Å². The van der Waals surface area contributed by atoms with Gasteiger partial charge in [0, 0.05) is 61.3 Å². The molecule has 0 radical (unpaired) electrons. The van der Waals surface area contributed by atoms with E-state index in [-0.39, 0.29) is 31.9 Å². The Morgan fingerprint density at radius 1 is 1.04 bits per heavy atom. The van der Waals surface area contributed by atoms with Gasteiger partial charge in [-0.2, -0.15) is 5.26 Å². The molecule has 6 rings (SSSR count). The molecule has 3 N–H and O–H groups in total. The van der Waals surface area contributed by atoms with Gasteiger partial charge in [-0.25, -0.2) is 0 Å². The number of hydrogen-bond acceptors (Lipinski definition) is 9. The first-order chi connectivity index (χ1) is 23.8. The normalized spacial score (nSPS) is 15.7. The van der Waals surface area contributed by atoms with Crippen molar-refractivity contribution in [3.8, 4) is 34.4 Å². The van der Waals surface area contributed by atoms with Crippen molar-refractivity contribution in [3.63, 3.8) is 0 Å². The van der Waals surface area contributed by atoms with Gasteiger partial charge in [0.15, 0.2) is 0 Å². The Labute approximate surface area is 294 Å². The average Bonchev–Trinajstić information content (AvgIpc) is 3.49. The number of β-amino-alcohol motifs (C(OH)–C–C–N with tert-alkyl or cyclic N) is 1. The Kier molecular flexibility index (Phi) is 11.2. The zero-order valence-corrected chi connectivity index (χ0v) is 28.2. The number of likely N-dealkylation sites (tertiary alicyclic amines) is 1. The van der Waals surface area contributed by atoms with E-state index in [0.717, 1.165) is 61.2 Å². The number of aliphatic hydroxyl groups is 1. The van der Waals surface area contributed by atoms with Crippen LogP contribution in [0, 0.1) is 11.3 Å². The van der Waals surface area contributed by atoms with Gasteiger partial charge < -0.3 is 29.7 Å². The number of hydrogen-bond donors (Lipinski definition) is 3. The number of nitriles is 1. The third-order valence-electron chi connectivity index (χ3n) is 8.58. The lowest BCUT2D eigenvalue weighted by atomic mass is 9.96. The minimum Gasteiger partial charge on any atom is -0.492 e. The van der Waals surface area contributed by atoms with Crippen LogP contribution in [0.1, 0.15) is 46.8 Å². The van der Waals surface area contributed by atoms with Gasteiger partial charge in [0.1, 0.15) is 36.0 Å². The Morgan fingerprint density at radius 3 is 2.65 bits per heavy atom. The highest BCUT2D eigenvalue weighted by Crippen LogP contribution is 2.45. The summed E-state index contributed by atoms with van der Waals surface area (Å²) < 4.78 is 18.8. The number of aliphatic hydroxyl groups excluding tert-OH is 1.